The van der Waals surface area contributed by atoms with Gasteiger partial charge in [-0.3, -0.25) is 4.79 Å². The van der Waals surface area contributed by atoms with Gasteiger partial charge in [0.25, 0.3) is 0 Å². The molecule has 0 spiro atoms. The van der Waals surface area contributed by atoms with Crippen LogP contribution in [0.5, 0.6) is 0 Å². The van der Waals surface area contributed by atoms with E-state index in [1.165, 1.54) is 0 Å². The molecule has 1 aliphatic rings. The van der Waals surface area contributed by atoms with E-state index in [-0.39, 0.29) is 22.9 Å². The molecule has 0 radical (unpaired) electrons. The molecule has 1 rings (SSSR count). The molecule has 1 aliphatic carbocycles. The molecule has 0 heterocycles. The average Bonchev–Trinajstić information content (AvgIpc) is 2.96. The number of carbonyl (C=O) groups excluding carboxylic acids is 1. The Morgan fingerprint density at radius 1 is 1.37 bits per heavy atom. The van der Waals surface area contributed by atoms with Crippen molar-refractivity contribution < 1.29 is 14.7 Å². The number of nitrogens with one attached hydrogen (secondary N) is 1. The zero-order chi connectivity index (χ0) is 14.5. The molecule has 1 fully saturated rings. The highest BCUT2D eigenvalue weighted by molar-refractivity contribution is 5.94. The number of hydrogen-bond donors (Lipinski definition) is 3. The summed E-state index contributed by atoms with van der Waals surface area (Å²) in [7, 11) is 0. The number of nitrogens with two attached hydrogens (primary N) is 1. The SMILES string of the molecule is CC1(C)CC1C(=O)NC(=CCCCCCN)C(=O)O. The number of allylic oxidation sites excluding steroid dienone is 1. The average molecular weight is 268 g/mol. The van der Waals surface area contributed by atoms with E-state index in [4.69, 9.17) is 10.8 Å². The van der Waals surface area contributed by atoms with Gasteiger partial charge in [0.15, 0.2) is 0 Å². The van der Waals surface area contributed by atoms with Crippen molar-refractivity contribution in [2.24, 2.45) is 17.1 Å². The fraction of sp³-hybridized carbons (Fsp3) is 0.714. The molecule has 0 aliphatic heterocycles. The number of hydrogen-bond acceptors (Lipinski definition) is 3. The van der Waals surface area contributed by atoms with Crippen molar-refractivity contribution >= 4 is 11.9 Å². The normalized spacial score (nSPS) is 21.0. The fourth-order valence-corrected chi connectivity index (χ4v) is 2.04. The Kier molecular flexibility index (Phi) is 5.54. The zero-order valence-electron chi connectivity index (χ0n) is 11.7. The summed E-state index contributed by atoms with van der Waals surface area (Å²) >= 11 is 0. The van der Waals surface area contributed by atoms with E-state index in [0.29, 0.717) is 13.0 Å². The number of amides is 1. The van der Waals surface area contributed by atoms with Gasteiger partial charge in [-0.05, 0) is 37.6 Å². The Bertz CT molecular complexity index is 375. The first-order valence-electron chi connectivity index (χ1n) is 6.83. The number of carboxylic acid groups (broad SMARTS) is 1. The number of rotatable bonds is 8. The highest BCUT2D eigenvalue weighted by atomic mass is 16.4. The Balaban J connectivity index is 2.42. The zero-order valence-corrected chi connectivity index (χ0v) is 11.7. The van der Waals surface area contributed by atoms with Gasteiger partial charge in [-0.1, -0.05) is 26.3 Å². The summed E-state index contributed by atoms with van der Waals surface area (Å²) < 4.78 is 0. The highest BCUT2D eigenvalue weighted by Crippen LogP contribution is 2.51. The summed E-state index contributed by atoms with van der Waals surface area (Å²) in [6, 6.07) is 0. The van der Waals surface area contributed by atoms with Crippen molar-refractivity contribution in [1.82, 2.24) is 5.32 Å². The summed E-state index contributed by atoms with van der Waals surface area (Å²) in [6.45, 7) is 4.67. The van der Waals surface area contributed by atoms with E-state index in [1.807, 2.05) is 13.8 Å². The topological polar surface area (TPSA) is 92.4 Å². The van der Waals surface area contributed by atoms with Crippen LogP contribution in [0.4, 0.5) is 0 Å². The van der Waals surface area contributed by atoms with Gasteiger partial charge in [-0.15, -0.1) is 0 Å². The molecule has 0 saturated heterocycles. The van der Waals surface area contributed by atoms with Crippen molar-refractivity contribution in [2.45, 2.75) is 46.0 Å². The lowest BCUT2D eigenvalue weighted by atomic mass is 10.1. The quantitative estimate of drug-likeness (QED) is 0.461. The Morgan fingerprint density at radius 3 is 2.47 bits per heavy atom. The van der Waals surface area contributed by atoms with Gasteiger partial charge in [0.1, 0.15) is 5.70 Å². The minimum Gasteiger partial charge on any atom is -0.477 e. The second-order valence-electron chi connectivity index (χ2n) is 5.80. The van der Waals surface area contributed by atoms with Crippen LogP contribution in [0.25, 0.3) is 0 Å². The van der Waals surface area contributed by atoms with Crippen LogP contribution in [-0.4, -0.2) is 23.5 Å². The molecule has 1 saturated carbocycles. The first kappa shape index (κ1) is 15.7. The summed E-state index contributed by atoms with van der Waals surface area (Å²) in [6.07, 6.45) is 5.87. The first-order chi connectivity index (χ1) is 8.88. The van der Waals surface area contributed by atoms with E-state index in [9.17, 15) is 9.59 Å². The number of aliphatic carboxylic acids is 1. The lowest BCUT2D eigenvalue weighted by Gasteiger charge is -2.07. The molecule has 0 aromatic carbocycles. The van der Waals surface area contributed by atoms with E-state index in [1.54, 1.807) is 6.08 Å². The second-order valence-corrected chi connectivity index (χ2v) is 5.80. The molecular weight excluding hydrogens is 244 g/mol. The molecule has 1 amide bonds. The molecule has 5 nitrogen and oxygen atoms in total. The summed E-state index contributed by atoms with van der Waals surface area (Å²) in [4.78, 5) is 22.9. The first-order valence-corrected chi connectivity index (χ1v) is 6.83. The van der Waals surface area contributed by atoms with Crippen molar-refractivity contribution in [3.63, 3.8) is 0 Å². The lowest BCUT2D eigenvalue weighted by molar-refractivity contribution is -0.135. The smallest absolute Gasteiger partial charge is 0.352 e. The molecule has 0 aromatic rings. The standard InChI is InChI=1S/C14H24N2O3/c1-14(2)9-10(14)12(17)16-11(13(18)19)7-5-3-4-6-8-15/h7,10H,3-6,8-9,15H2,1-2H3,(H,16,17)(H,18,19). The lowest BCUT2D eigenvalue weighted by Crippen LogP contribution is -2.29. The minimum atomic E-state index is -1.08. The Morgan fingerprint density at radius 2 is 2.00 bits per heavy atom. The van der Waals surface area contributed by atoms with Crippen LogP contribution in [0.3, 0.4) is 0 Å². The van der Waals surface area contributed by atoms with Gasteiger partial charge in [-0.25, -0.2) is 4.79 Å². The third-order valence-electron chi connectivity index (χ3n) is 3.57. The van der Waals surface area contributed by atoms with Crippen molar-refractivity contribution in [3.05, 3.63) is 11.8 Å². The Hall–Kier alpha value is -1.36. The van der Waals surface area contributed by atoms with Gasteiger partial charge >= 0.3 is 5.97 Å². The number of carbonyl (C=O) groups is 2. The van der Waals surface area contributed by atoms with Crippen LogP contribution in [0.15, 0.2) is 11.8 Å². The molecular formula is C14H24N2O3. The predicted molar refractivity (Wildman–Crippen MR) is 73.3 cm³/mol. The second kappa shape index (κ2) is 6.70. The number of carboxylic acids is 1. The maximum atomic E-state index is 11.8. The van der Waals surface area contributed by atoms with E-state index < -0.39 is 5.97 Å². The largest absolute Gasteiger partial charge is 0.477 e. The van der Waals surface area contributed by atoms with Crippen LogP contribution >= 0.6 is 0 Å². The molecule has 1 atom stereocenters. The van der Waals surface area contributed by atoms with Gasteiger partial charge in [0.2, 0.25) is 5.91 Å². The molecule has 0 bridgehead atoms. The van der Waals surface area contributed by atoms with Crippen LogP contribution in [0.1, 0.15) is 46.0 Å². The molecule has 19 heavy (non-hydrogen) atoms. The maximum Gasteiger partial charge on any atom is 0.352 e. The third-order valence-corrected chi connectivity index (χ3v) is 3.57. The minimum absolute atomic E-state index is 0.000415. The summed E-state index contributed by atoms with van der Waals surface area (Å²) in [5.74, 6) is -1.32. The molecule has 0 aromatic heterocycles. The Labute approximate surface area is 114 Å². The maximum absolute atomic E-state index is 11.8. The van der Waals surface area contributed by atoms with E-state index in [2.05, 4.69) is 5.32 Å². The molecule has 108 valence electrons. The molecule has 1 unspecified atom stereocenters. The van der Waals surface area contributed by atoms with Crippen LogP contribution in [0.2, 0.25) is 0 Å². The van der Waals surface area contributed by atoms with Crippen LogP contribution in [-0.2, 0) is 9.59 Å². The fourth-order valence-electron chi connectivity index (χ4n) is 2.04. The van der Waals surface area contributed by atoms with Crippen molar-refractivity contribution in [1.29, 1.82) is 0 Å². The molecule has 5 heteroatoms. The third kappa shape index (κ3) is 5.03. The predicted octanol–water partition coefficient (Wildman–Crippen LogP) is 1.64. The van der Waals surface area contributed by atoms with Crippen molar-refractivity contribution in [3.8, 4) is 0 Å². The van der Waals surface area contributed by atoms with E-state index in [0.717, 1.165) is 25.7 Å². The molecule has 4 N–H and O–H groups in total. The summed E-state index contributed by atoms with van der Waals surface area (Å²) in [5, 5.41) is 11.6. The van der Waals surface area contributed by atoms with Crippen molar-refractivity contribution in [2.75, 3.05) is 6.54 Å². The van der Waals surface area contributed by atoms with E-state index >= 15 is 0 Å². The van der Waals surface area contributed by atoms with Crippen LogP contribution in [0, 0.1) is 11.3 Å². The van der Waals surface area contributed by atoms with Gasteiger partial charge in [0, 0.05) is 5.92 Å². The summed E-state index contributed by atoms with van der Waals surface area (Å²) in [5.41, 5.74) is 5.39. The number of unbranched alkanes of at least 4 members (excludes halogenated alkanes) is 3. The van der Waals surface area contributed by atoms with Gasteiger partial charge in [0.05, 0.1) is 0 Å². The van der Waals surface area contributed by atoms with Gasteiger partial charge < -0.3 is 16.2 Å². The van der Waals surface area contributed by atoms with Crippen LogP contribution < -0.4 is 11.1 Å². The van der Waals surface area contributed by atoms with Gasteiger partial charge in [-0.2, -0.15) is 0 Å². The highest BCUT2D eigenvalue weighted by Gasteiger charge is 2.50. The monoisotopic (exact) mass is 268 g/mol.